The first kappa shape index (κ1) is 28.0. The van der Waals surface area contributed by atoms with Gasteiger partial charge >= 0.3 is 0 Å². The fraction of sp³-hybridized carbons (Fsp3) is 0.188. The van der Waals surface area contributed by atoms with Gasteiger partial charge in [-0.15, -0.1) is 0 Å². The fourth-order valence-electron chi connectivity index (χ4n) is 4.15. The molecule has 0 saturated heterocycles. The molecule has 0 heterocycles. The number of ketones is 2. The molecule has 40 heavy (non-hydrogen) atoms. The smallest absolute Gasteiger partial charge is 0.200 e. The molecule has 0 spiro atoms. The minimum Gasteiger partial charge on any atom is -0.507 e. The van der Waals surface area contributed by atoms with Crippen LogP contribution in [0, 0.1) is 0 Å². The van der Waals surface area contributed by atoms with Crippen molar-refractivity contribution in [3.05, 3.63) is 107 Å². The zero-order valence-electron chi connectivity index (χ0n) is 21.7. The molecule has 0 unspecified atom stereocenters. The van der Waals surface area contributed by atoms with E-state index < -0.39 is 11.6 Å². The van der Waals surface area contributed by atoms with E-state index in [9.17, 15) is 30.0 Å². The second-order valence-electron chi connectivity index (χ2n) is 9.16. The van der Waals surface area contributed by atoms with E-state index >= 15 is 0 Å². The molecule has 4 aromatic carbocycles. The highest BCUT2D eigenvalue weighted by Crippen LogP contribution is 2.30. The number of phenolic OH excluding ortho intramolecular Hbond substituents is 4. The number of hydrogen-bond donors (Lipinski definition) is 4. The molecular formula is C32H30O8. The monoisotopic (exact) mass is 542 g/mol. The predicted octanol–water partition coefficient (Wildman–Crippen LogP) is 5.99. The van der Waals surface area contributed by atoms with E-state index in [1.807, 2.05) is 0 Å². The van der Waals surface area contributed by atoms with Crippen LogP contribution in [-0.2, 0) is 0 Å². The highest BCUT2D eigenvalue weighted by Gasteiger charge is 2.18. The van der Waals surface area contributed by atoms with Crippen molar-refractivity contribution in [1.82, 2.24) is 0 Å². The summed E-state index contributed by atoms with van der Waals surface area (Å²) in [5.41, 5.74) is 0.393. The molecule has 0 aliphatic heterocycles. The van der Waals surface area contributed by atoms with Crippen molar-refractivity contribution in [3.63, 3.8) is 0 Å². The van der Waals surface area contributed by atoms with Crippen LogP contribution in [-0.4, -0.2) is 45.2 Å². The molecule has 4 rings (SSSR count). The minimum absolute atomic E-state index is 0.0823. The van der Waals surface area contributed by atoms with Gasteiger partial charge in [-0.1, -0.05) is 24.3 Å². The van der Waals surface area contributed by atoms with Gasteiger partial charge in [0.05, 0.1) is 35.5 Å². The molecular weight excluding hydrogens is 512 g/mol. The molecule has 4 aromatic rings. The quantitative estimate of drug-likeness (QED) is 0.120. The average Bonchev–Trinajstić information content (AvgIpc) is 2.94. The minimum atomic E-state index is -0.475. The Morgan fingerprint density at radius 1 is 0.475 bits per heavy atom. The lowest BCUT2D eigenvalue weighted by molar-refractivity contribution is 0.102. The SMILES string of the molecule is O=C(c1ccccc1O)c1ccc(OCCCCCCOc2ccc(C(=O)c3ccccc3O)c(O)c2)cc1O. The molecule has 8 nitrogen and oxygen atoms in total. The number of ether oxygens (including phenoxy) is 2. The summed E-state index contributed by atoms with van der Waals surface area (Å²) in [6.45, 7) is 0.876. The Bertz CT molecular complexity index is 1380. The normalized spacial score (nSPS) is 10.7. The zero-order valence-corrected chi connectivity index (χ0v) is 21.7. The first-order chi connectivity index (χ1) is 19.3. The van der Waals surface area contributed by atoms with Crippen LogP contribution in [0.1, 0.15) is 57.5 Å². The fourth-order valence-corrected chi connectivity index (χ4v) is 4.15. The van der Waals surface area contributed by atoms with Crippen molar-refractivity contribution in [3.8, 4) is 34.5 Å². The summed E-state index contributed by atoms with van der Waals surface area (Å²) in [5.74, 6) is -0.795. The maximum absolute atomic E-state index is 12.6. The standard InChI is InChI=1S/C32H30O8/c33-27-11-5-3-9-23(27)31(37)25-15-13-21(19-29(25)35)39-17-7-1-2-8-18-40-22-14-16-26(30(36)20-22)32(38)24-10-4-6-12-28(24)34/h3-6,9-16,19-20,33-36H,1-2,7-8,17-18H2. The first-order valence-electron chi connectivity index (χ1n) is 12.9. The Hall–Kier alpha value is -4.98. The van der Waals surface area contributed by atoms with Crippen molar-refractivity contribution in [2.45, 2.75) is 25.7 Å². The molecule has 0 fully saturated rings. The van der Waals surface area contributed by atoms with Crippen molar-refractivity contribution >= 4 is 11.6 Å². The number of unbranched alkanes of at least 4 members (excludes halogenated alkanes) is 3. The molecule has 4 N–H and O–H groups in total. The van der Waals surface area contributed by atoms with E-state index in [1.54, 1.807) is 36.4 Å². The number of benzene rings is 4. The van der Waals surface area contributed by atoms with Gasteiger partial charge in [0.2, 0.25) is 0 Å². The molecule has 0 amide bonds. The van der Waals surface area contributed by atoms with E-state index in [-0.39, 0.29) is 45.3 Å². The largest absolute Gasteiger partial charge is 0.507 e. The molecule has 0 bridgehead atoms. The van der Waals surface area contributed by atoms with Gasteiger partial charge in [0.1, 0.15) is 34.5 Å². The van der Waals surface area contributed by atoms with Crippen LogP contribution in [0.25, 0.3) is 0 Å². The number of para-hydroxylation sites is 2. The molecule has 0 aliphatic carbocycles. The number of phenols is 4. The maximum Gasteiger partial charge on any atom is 0.200 e. The lowest BCUT2D eigenvalue weighted by atomic mass is 10.0. The first-order valence-corrected chi connectivity index (χ1v) is 12.9. The molecule has 0 radical (unpaired) electrons. The number of carbonyl (C=O) groups is 2. The van der Waals surface area contributed by atoms with Crippen molar-refractivity contribution in [2.75, 3.05) is 13.2 Å². The van der Waals surface area contributed by atoms with E-state index in [1.165, 1.54) is 48.5 Å². The summed E-state index contributed by atoms with van der Waals surface area (Å²) in [7, 11) is 0. The van der Waals surface area contributed by atoms with Crippen LogP contribution in [0.4, 0.5) is 0 Å². The predicted molar refractivity (Wildman–Crippen MR) is 149 cm³/mol. The summed E-state index contributed by atoms with van der Waals surface area (Å²) < 4.78 is 11.4. The van der Waals surface area contributed by atoms with E-state index in [0.29, 0.717) is 24.7 Å². The molecule has 8 heteroatoms. The summed E-state index contributed by atoms with van der Waals surface area (Å²) in [5, 5.41) is 40.4. The van der Waals surface area contributed by atoms with Gasteiger partial charge in [0.15, 0.2) is 11.6 Å². The van der Waals surface area contributed by atoms with Crippen LogP contribution in [0.3, 0.4) is 0 Å². The van der Waals surface area contributed by atoms with E-state index in [0.717, 1.165) is 25.7 Å². The molecule has 0 aliphatic rings. The second-order valence-corrected chi connectivity index (χ2v) is 9.16. The molecule has 0 aromatic heterocycles. The Morgan fingerprint density at radius 3 is 1.23 bits per heavy atom. The number of aromatic hydroxyl groups is 4. The van der Waals surface area contributed by atoms with E-state index in [2.05, 4.69) is 0 Å². The zero-order chi connectivity index (χ0) is 28.5. The number of hydrogen-bond acceptors (Lipinski definition) is 8. The van der Waals surface area contributed by atoms with Crippen LogP contribution in [0.15, 0.2) is 84.9 Å². The van der Waals surface area contributed by atoms with Gasteiger partial charge in [-0.3, -0.25) is 9.59 Å². The third-order valence-corrected chi connectivity index (χ3v) is 6.30. The van der Waals surface area contributed by atoms with Crippen molar-refractivity contribution in [2.24, 2.45) is 0 Å². The van der Waals surface area contributed by atoms with Crippen LogP contribution in [0.2, 0.25) is 0 Å². The molecule has 206 valence electrons. The Kier molecular flexibility index (Phi) is 9.25. The van der Waals surface area contributed by atoms with Gasteiger partial charge in [0, 0.05) is 12.1 Å². The highest BCUT2D eigenvalue weighted by atomic mass is 16.5. The van der Waals surface area contributed by atoms with Crippen LogP contribution >= 0.6 is 0 Å². The molecule has 0 atom stereocenters. The summed E-state index contributed by atoms with van der Waals surface area (Å²) in [6, 6.07) is 21.3. The number of carbonyl (C=O) groups excluding carboxylic acids is 2. The van der Waals surface area contributed by atoms with Gasteiger partial charge in [0.25, 0.3) is 0 Å². The van der Waals surface area contributed by atoms with Crippen LogP contribution < -0.4 is 9.47 Å². The number of rotatable bonds is 13. The lowest BCUT2D eigenvalue weighted by Gasteiger charge is -2.10. The average molecular weight is 543 g/mol. The second kappa shape index (κ2) is 13.2. The Morgan fingerprint density at radius 2 is 0.850 bits per heavy atom. The summed E-state index contributed by atoms with van der Waals surface area (Å²) in [4.78, 5) is 25.2. The molecule has 0 saturated carbocycles. The van der Waals surface area contributed by atoms with Crippen molar-refractivity contribution in [1.29, 1.82) is 0 Å². The van der Waals surface area contributed by atoms with Crippen molar-refractivity contribution < 1.29 is 39.5 Å². The highest BCUT2D eigenvalue weighted by molar-refractivity contribution is 6.12. The van der Waals surface area contributed by atoms with Crippen LogP contribution in [0.5, 0.6) is 34.5 Å². The van der Waals surface area contributed by atoms with E-state index in [4.69, 9.17) is 9.47 Å². The van der Waals surface area contributed by atoms with Gasteiger partial charge in [-0.05, 0) is 74.2 Å². The van der Waals surface area contributed by atoms with Gasteiger partial charge in [-0.25, -0.2) is 0 Å². The third kappa shape index (κ3) is 6.91. The van der Waals surface area contributed by atoms with Gasteiger partial charge < -0.3 is 29.9 Å². The summed E-state index contributed by atoms with van der Waals surface area (Å²) >= 11 is 0. The third-order valence-electron chi connectivity index (χ3n) is 6.30. The Labute approximate surface area is 231 Å². The van der Waals surface area contributed by atoms with Gasteiger partial charge in [-0.2, -0.15) is 0 Å². The summed E-state index contributed by atoms with van der Waals surface area (Å²) in [6.07, 6.45) is 3.34. The Balaban J connectivity index is 1.15. The topological polar surface area (TPSA) is 134 Å². The lowest BCUT2D eigenvalue weighted by Crippen LogP contribution is -2.04. The maximum atomic E-state index is 12.6.